The molecular weight excluding hydrogens is 387 g/mol. The van der Waals surface area contributed by atoms with Crippen molar-refractivity contribution in [2.24, 2.45) is 5.92 Å². The Hall–Kier alpha value is -1.74. The van der Waals surface area contributed by atoms with Crippen LogP contribution in [0.5, 0.6) is 11.8 Å². The number of aromatic nitrogens is 1. The Bertz CT molecular complexity index is 687. The number of ether oxygens (including phenoxy) is 2. The van der Waals surface area contributed by atoms with Crippen LogP contribution in [0.1, 0.15) is 24.8 Å². The van der Waals surface area contributed by atoms with Gasteiger partial charge in [-0.05, 0) is 25.5 Å². The summed E-state index contributed by atoms with van der Waals surface area (Å²) >= 11 is 0. The number of amides is 1. The van der Waals surface area contributed by atoms with Crippen LogP contribution >= 0.6 is 12.4 Å². The predicted molar refractivity (Wildman–Crippen MR) is 94.0 cm³/mol. The molecule has 1 aliphatic carbocycles. The second-order valence-corrected chi connectivity index (χ2v) is 6.76. The number of nitrogens with one attached hydrogen (secondary N) is 1. The number of methoxy groups -OCH3 is 1. The van der Waals surface area contributed by atoms with Gasteiger partial charge >= 0.3 is 0 Å². The quantitative estimate of drug-likeness (QED) is 0.749. The predicted octanol–water partition coefficient (Wildman–Crippen LogP) is 2.40. The maximum Gasteiger partial charge on any atom is 0.255 e. The van der Waals surface area contributed by atoms with Crippen molar-refractivity contribution in [2.75, 3.05) is 27.3 Å². The summed E-state index contributed by atoms with van der Waals surface area (Å²) in [6.45, 7) is 0.617. The minimum atomic E-state index is -2.74. The monoisotopic (exact) mass is 409 g/mol. The van der Waals surface area contributed by atoms with Crippen LogP contribution < -0.4 is 14.8 Å². The second kappa shape index (κ2) is 8.52. The van der Waals surface area contributed by atoms with Crippen molar-refractivity contribution in [3.05, 3.63) is 17.4 Å². The molecule has 1 saturated heterocycles. The van der Waals surface area contributed by atoms with E-state index in [4.69, 9.17) is 9.47 Å². The molecule has 0 aromatic carbocycles. The van der Waals surface area contributed by atoms with E-state index in [1.54, 1.807) is 7.05 Å². The first-order valence-corrected chi connectivity index (χ1v) is 8.54. The Labute approximate surface area is 161 Å². The lowest BCUT2D eigenvalue weighted by Crippen LogP contribution is -2.41. The summed E-state index contributed by atoms with van der Waals surface area (Å²) in [5, 5.41) is 3.12. The number of likely N-dealkylation sites (N-methyl/N-ethyl adjacent to an activating group) is 1. The number of carbonyl (C=O) groups excluding carboxylic acids is 1. The van der Waals surface area contributed by atoms with E-state index in [1.807, 2.05) is 0 Å². The van der Waals surface area contributed by atoms with Gasteiger partial charge in [0.15, 0.2) is 5.82 Å². The fourth-order valence-corrected chi connectivity index (χ4v) is 3.01. The highest BCUT2D eigenvalue weighted by atomic mass is 35.5. The van der Waals surface area contributed by atoms with E-state index in [0.717, 1.165) is 25.5 Å². The molecule has 2 aliphatic rings. The van der Waals surface area contributed by atoms with Crippen molar-refractivity contribution in [3.8, 4) is 11.8 Å². The summed E-state index contributed by atoms with van der Waals surface area (Å²) in [6.07, 6.45) is 1.45. The van der Waals surface area contributed by atoms with E-state index < -0.39 is 17.7 Å². The highest BCUT2D eigenvalue weighted by molar-refractivity contribution is 5.85. The third-order valence-corrected chi connectivity index (χ3v) is 4.70. The summed E-state index contributed by atoms with van der Waals surface area (Å²) in [4.78, 5) is 17.8. The number of nitrogens with zero attached hydrogens (tertiary/aromatic N) is 2. The molecule has 2 atom stereocenters. The van der Waals surface area contributed by atoms with Crippen LogP contribution in [0.15, 0.2) is 6.07 Å². The summed E-state index contributed by atoms with van der Waals surface area (Å²) in [6, 6.07) is 0.935. The maximum absolute atomic E-state index is 14.2. The molecule has 0 bridgehead atoms. The molecule has 2 fully saturated rings. The van der Waals surface area contributed by atoms with Gasteiger partial charge in [-0.15, -0.1) is 12.4 Å². The van der Waals surface area contributed by atoms with E-state index in [0.29, 0.717) is 5.56 Å². The maximum atomic E-state index is 14.2. The van der Waals surface area contributed by atoms with Gasteiger partial charge in [-0.1, -0.05) is 0 Å². The van der Waals surface area contributed by atoms with Gasteiger partial charge in [-0.25, -0.2) is 13.2 Å². The molecule has 152 valence electrons. The molecule has 2 heterocycles. The van der Waals surface area contributed by atoms with Crippen LogP contribution in [-0.2, 0) is 11.3 Å². The standard InChI is InChI=1S/C17H22F3N3O3.ClH/c1-23(16(24)13-4-3-5-21-13)8-10-6-12(18)15(22-14(10)25-2)26-9-11-7-17(11,19)20;/h6,11,13,21H,3-5,7-9H2,1-2H3;1H. The second-order valence-electron chi connectivity index (χ2n) is 6.76. The molecule has 0 spiro atoms. The fraction of sp³-hybridized carbons (Fsp3) is 0.647. The topological polar surface area (TPSA) is 63.7 Å². The van der Waals surface area contributed by atoms with Crippen LogP contribution in [-0.4, -0.2) is 55.1 Å². The Balaban J connectivity index is 0.00000261. The van der Waals surface area contributed by atoms with Crippen LogP contribution in [0, 0.1) is 11.7 Å². The van der Waals surface area contributed by atoms with E-state index in [-0.39, 0.29) is 55.7 Å². The van der Waals surface area contributed by atoms with E-state index in [2.05, 4.69) is 10.3 Å². The number of hydrogen-bond donors (Lipinski definition) is 1. The van der Waals surface area contributed by atoms with Gasteiger partial charge in [0.25, 0.3) is 11.8 Å². The van der Waals surface area contributed by atoms with E-state index >= 15 is 0 Å². The molecule has 1 amide bonds. The average molecular weight is 410 g/mol. The molecule has 0 radical (unpaired) electrons. The number of carbonyl (C=O) groups is 1. The van der Waals surface area contributed by atoms with E-state index in [1.165, 1.54) is 12.0 Å². The molecule has 1 saturated carbocycles. The average Bonchev–Trinajstić information content (AvgIpc) is 3.01. The Morgan fingerprint density at radius 2 is 2.15 bits per heavy atom. The van der Waals surface area contributed by atoms with Gasteiger partial charge in [-0.2, -0.15) is 4.98 Å². The largest absolute Gasteiger partial charge is 0.481 e. The highest BCUT2D eigenvalue weighted by Gasteiger charge is 2.57. The van der Waals surface area contributed by atoms with Crippen molar-refractivity contribution < 1.29 is 27.4 Å². The molecular formula is C17H23ClF3N3O3. The van der Waals surface area contributed by atoms with Crippen molar-refractivity contribution in [1.82, 2.24) is 15.2 Å². The van der Waals surface area contributed by atoms with Crippen molar-refractivity contribution >= 4 is 18.3 Å². The summed E-state index contributed by atoms with van der Waals surface area (Å²) in [7, 11) is 2.99. The lowest BCUT2D eigenvalue weighted by atomic mass is 10.2. The van der Waals surface area contributed by atoms with Crippen LogP contribution in [0.25, 0.3) is 0 Å². The number of halogens is 4. The number of alkyl halides is 2. The molecule has 27 heavy (non-hydrogen) atoms. The summed E-state index contributed by atoms with van der Waals surface area (Å²) < 4.78 is 50.3. The summed E-state index contributed by atoms with van der Waals surface area (Å²) in [5.74, 6) is -4.77. The SMILES string of the molecule is COc1nc(OCC2CC2(F)F)c(F)cc1CN(C)C(=O)C1CCCN1.Cl. The van der Waals surface area contributed by atoms with Crippen molar-refractivity contribution in [1.29, 1.82) is 0 Å². The first-order chi connectivity index (χ1) is 12.3. The minimum absolute atomic E-state index is 0. The number of rotatable bonds is 7. The number of pyridine rings is 1. The third-order valence-electron chi connectivity index (χ3n) is 4.70. The molecule has 6 nitrogen and oxygen atoms in total. The summed E-state index contributed by atoms with van der Waals surface area (Å²) in [5.41, 5.74) is 0.378. The Morgan fingerprint density at radius 3 is 2.70 bits per heavy atom. The third kappa shape index (κ3) is 4.95. The van der Waals surface area contributed by atoms with Crippen molar-refractivity contribution in [3.63, 3.8) is 0 Å². The lowest BCUT2D eigenvalue weighted by Gasteiger charge is -2.22. The van der Waals surface area contributed by atoms with Gasteiger partial charge in [-0.3, -0.25) is 4.79 Å². The van der Waals surface area contributed by atoms with Crippen LogP contribution in [0.2, 0.25) is 0 Å². The number of hydrogen-bond acceptors (Lipinski definition) is 5. The van der Waals surface area contributed by atoms with E-state index in [9.17, 15) is 18.0 Å². The molecule has 1 aliphatic heterocycles. The highest BCUT2D eigenvalue weighted by Crippen LogP contribution is 2.48. The van der Waals surface area contributed by atoms with Crippen LogP contribution in [0.3, 0.4) is 0 Å². The zero-order chi connectivity index (χ0) is 18.9. The molecule has 2 unspecified atom stereocenters. The Kier molecular flexibility index (Phi) is 6.80. The van der Waals surface area contributed by atoms with Gasteiger partial charge in [0.2, 0.25) is 11.8 Å². The van der Waals surface area contributed by atoms with Gasteiger partial charge in [0.1, 0.15) is 0 Å². The van der Waals surface area contributed by atoms with Gasteiger partial charge in [0.05, 0.1) is 32.2 Å². The lowest BCUT2D eigenvalue weighted by molar-refractivity contribution is -0.132. The molecule has 1 aromatic rings. The fourth-order valence-electron chi connectivity index (χ4n) is 3.01. The minimum Gasteiger partial charge on any atom is -0.481 e. The zero-order valence-electron chi connectivity index (χ0n) is 15.1. The first-order valence-electron chi connectivity index (χ1n) is 8.54. The smallest absolute Gasteiger partial charge is 0.255 e. The first kappa shape index (κ1) is 21.6. The molecule has 10 heteroatoms. The molecule has 3 rings (SSSR count). The van der Waals surface area contributed by atoms with Gasteiger partial charge < -0.3 is 19.7 Å². The zero-order valence-corrected chi connectivity index (χ0v) is 16.0. The van der Waals surface area contributed by atoms with Crippen molar-refractivity contribution in [2.45, 2.75) is 37.8 Å². The molecule has 1 aromatic heterocycles. The molecule has 1 N–H and O–H groups in total. The van der Waals surface area contributed by atoms with Gasteiger partial charge in [0, 0.05) is 19.0 Å². The Morgan fingerprint density at radius 1 is 1.44 bits per heavy atom. The van der Waals surface area contributed by atoms with Crippen LogP contribution in [0.4, 0.5) is 13.2 Å². The normalized spacial score (nSPS) is 22.7.